The van der Waals surface area contributed by atoms with E-state index in [1.807, 2.05) is 0 Å². The Labute approximate surface area is 120 Å². The number of benzene rings is 1. The van der Waals surface area contributed by atoms with Crippen molar-refractivity contribution >= 4 is 17.5 Å². The predicted molar refractivity (Wildman–Crippen MR) is 72.9 cm³/mol. The summed E-state index contributed by atoms with van der Waals surface area (Å²) in [7, 11) is 0. The molecule has 0 unspecified atom stereocenters. The SMILES string of the molecule is CC1(C)C(=O)NCCN1C(=O)c1ccc([N+](=O)[O-])c(O)c1. The Balaban J connectivity index is 2.34. The van der Waals surface area contributed by atoms with Crippen LogP contribution in [-0.4, -0.2) is 45.4 Å². The molecular formula is C13H15N3O5. The van der Waals surface area contributed by atoms with Crippen LogP contribution >= 0.6 is 0 Å². The standard InChI is InChI=1S/C13H15N3O5/c1-13(2)12(19)14-5-6-15(13)11(18)8-3-4-9(16(20)21)10(17)7-8/h3-4,7,17H,5-6H2,1-2H3,(H,14,19). The van der Waals surface area contributed by atoms with Crippen molar-refractivity contribution < 1.29 is 19.6 Å². The molecule has 2 amide bonds. The van der Waals surface area contributed by atoms with Gasteiger partial charge in [0.25, 0.3) is 5.91 Å². The number of nitrogens with one attached hydrogen (secondary N) is 1. The highest BCUT2D eigenvalue weighted by Gasteiger charge is 2.40. The maximum Gasteiger partial charge on any atom is 0.310 e. The highest BCUT2D eigenvalue weighted by molar-refractivity contribution is 6.00. The fraction of sp³-hybridized carbons (Fsp3) is 0.385. The number of phenols is 1. The smallest absolute Gasteiger partial charge is 0.310 e. The van der Waals surface area contributed by atoms with Crippen LogP contribution in [0, 0.1) is 10.1 Å². The second-order valence-corrected chi connectivity index (χ2v) is 5.23. The minimum absolute atomic E-state index is 0.0980. The first-order chi connectivity index (χ1) is 9.75. The zero-order valence-electron chi connectivity index (χ0n) is 11.6. The van der Waals surface area contributed by atoms with Gasteiger partial charge in [0.15, 0.2) is 5.75 Å². The van der Waals surface area contributed by atoms with E-state index in [0.29, 0.717) is 13.1 Å². The lowest BCUT2D eigenvalue weighted by Crippen LogP contribution is -2.63. The average Bonchev–Trinajstić information content (AvgIpc) is 2.40. The molecule has 21 heavy (non-hydrogen) atoms. The largest absolute Gasteiger partial charge is 0.502 e. The topological polar surface area (TPSA) is 113 Å². The molecule has 1 saturated heterocycles. The number of nitro groups is 1. The number of aromatic hydroxyl groups is 1. The maximum atomic E-state index is 12.5. The number of rotatable bonds is 2. The van der Waals surface area contributed by atoms with Gasteiger partial charge in [0.05, 0.1) is 4.92 Å². The van der Waals surface area contributed by atoms with Crippen LogP contribution in [0.2, 0.25) is 0 Å². The van der Waals surface area contributed by atoms with Crippen LogP contribution in [0.15, 0.2) is 18.2 Å². The van der Waals surface area contributed by atoms with Crippen molar-refractivity contribution in [2.75, 3.05) is 13.1 Å². The molecule has 1 aromatic rings. The molecule has 2 rings (SSSR count). The van der Waals surface area contributed by atoms with Crippen molar-refractivity contribution in [3.05, 3.63) is 33.9 Å². The van der Waals surface area contributed by atoms with E-state index in [4.69, 9.17) is 0 Å². The van der Waals surface area contributed by atoms with Crippen LogP contribution in [0.25, 0.3) is 0 Å². The molecule has 0 atom stereocenters. The van der Waals surface area contributed by atoms with Gasteiger partial charge in [-0.15, -0.1) is 0 Å². The summed E-state index contributed by atoms with van der Waals surface area (Å²) < 4.78 is 0. The van der Waals surface area contributed by atoms with Crippen molar-refractivity contribution in [2.24, 2.45) is 0 Å². The van der Waals surface area contributed by atoms with Crippen LogP contribution in [-0.2, 0) is 4.79 Å². The predicted octanol–water partition coefficient (Wildman–Crippen LogP) is 0.651. The molecule has 0 aromatic heterocycles. The van der Waals surface area contributed by atoms with E-state index in [1.54, 1.807) is 13.8 Å². The molecule has 112 valence electrons. The highest BCUT2D eigenvalue weighted by Crippen LogP contribution is 2.28. The van der Waals surface area contributed by atoms with Gasteiger partial charge < -0.3 is 15.3 Å². The number of carbonyl (C=O) groups excluding carboxylic acids is 2. The van der Waals surface area contributed by atoms with Gasteiger partial charge in [-0.1, -0.05) is 0 Å². The zero-order valence-corrected chi connectivity index (χ0v) is 11.6. The van der Waals surface area contributed by atoms with Gasteiger partial charge in [-0.25, -0.2) is 0 Å². The molecular weight excluding hydrogens is 278 g/mol. The lowest BCUT2D eigenvalue weighted by molar-refractivity contribution is -0.385. The lowest BCUT2D eigenvalue weighted by atomic mass is 9.97. The average molecular weight is 293 g/mol. The number of piperazine rings is 1. The number of phenolic OH excluding ortho intramolecular Hbond substituents is 1. The molecule has 0 aliphatic carbocycles. The molecule has 0 bridgehead atoms. The van der Waals surface area contributed by atoms with Gasteiger partial charge in [0.1, 0.15) is 5.54 Å². The molecule has 2 N–H and O–H groups in total. The van der Waals surface area contributed by atoms with Crippen LogP contribution in [0.1, 0.15) is 24.2 Å². The Kier molecular flexibility index (Phi) is 3.54. The number of amides is 2. The summed E-state index contributed by atoms with van der Waals surface area (Å²) in [5.41, 5.74) is -1.39. The minimum atomic E-state index is -1.02. The van der Waals surface area contributed by atoms with E-state index >= 15 is 0 Å². The van der Waals surface area contributed by atoms with E-state index < -0.39 is 27.8 Å². The second-order valence-electron chi connectivity index (χ2n) is 5.23. The Hall–Kier alpha value is -2.64. The second kappa shape index (κ2) is 5.04. The Morgan fingerprint density at radius 2 is 2.14 bits per heavy atom. The highest BCUT2D eigenvalue weighted by atomic mass is 16.6. The van der Waals surface area contributed by atoms with E-state index in [-0.39, 0.29) is 11.5 Å². The maximum absolute atomic E-state index is 12.5. The number of hydrogen-bond acceptors (Lipinski definition) is 5. The molecule has 8 nitrogen and oxygen atoms in total. The molecule has 1 fully saturated rings. The molecule has 0 spiro atoms. The third-order valence-electron chi connectivity index (χ3n) is 3.52. The molecule has 1 heterocycles. The molecule has 0 radical (unpaired) electrons. The van der Waals surface area contributed by atoms with Gasteiger partial charge in [-0.05, 0) is 26.0 Å². The van der Waals surface area contributed by atoms with Crippen LogP contribution in [0.3, 0.4) is 0 Å². The molecule has 8 heteroatoms. The van der Waals surface area contributed by atoms with E-state index in [9.17, 15) is 24.8 Å². The van der Waals surface area contributed by atoms with Crippen molar-refractivity contribution in [2.45, 2.75) is 19.4 Å². The fourth-order valence-electron chi connectivity index (χ4n) is 2.22. The first kappa shape index (κ1) is 14.8. The third-order valence-corrected chi connectivity index (χ3v) is 3.52. The first-order valence-corrected chi connectivity index (χ1v) is 6.33. The summed E-state index contributed by atoms with van der Waals surface area (Å²) in [5.74, 6) is -1.31. The third kappa shape index (κ3) is 2.51. The Morgan fingerprint density at radius 1 is 1.48 bits per heavy atom. The summed E-state index contributed by atoms with van der Waals surface area (Å²) >= 11 is 0. The van der Waals surface area contributed by atoms with Gasteiger partial charge in [0.2, 0.25) is 5.91 Å². The summed E-state index contributed by atoms with van der Waals surface area (Å²) in [5, 5.41) is 22.9. The first-order valence-electron chi connectivity index (χ1n) is 6.33. The van der Waals surface area contributed by atoms with Gasteiger partial charge in [0, 0.05) is 24.7 Å². The van der Waals surface area contributed by atoms with Gasteiger partial charge >= 0.3 is 5.69 Å². The van der Waals surface area contributed by atoms with Crippen LogP contribution in [0.4, 0.5) is 5.69 Å². The molecule has 1 aliphatic heterocycles. The molecule has 0 saturated carbocycles. The van der Waals surface area contributed by atoms with E-state index in [0.717, 1.165) is 12.1 Å². The number of nitrogens with zero attached hydrogens (tertiary/aromatic N) is 2. The summed E-state index contributed by atoms with van der Waals surface area (Å²) in [6.07, 6.45) is 0. The van der Waals surface area contributed by atoms with Crippen molar-refractivity contribution in [1.82, 2.24) is 10.2 Å². The number of carbonyl (C=O) groups is 2. The number of hydrogen-bond donors (Lipinski definition) is 2. The van der Waals surface area contributed by atoms with Crippen LogP contribution < -0.4 is 5.32 Å². The monoisotopic (exact) mass is 293 g/mol. The summed E-state index contributed by atoms with van der Waals surface area (Å²) in [4.78, 5) is 35.6. The van der Waals surface area contributed by atoms with Crippen molar-refractivity contribution in [3.63, 3.8) is 0 Å². The Morgan fingerprint density at radius 3 is 2.71 bits per heavy atom. The normalized spacial score (nSPS) is 17.2. The molecule has 1 aromatic carbocycles. The quantitative estimate of drug-likeness (QED) is 0.614. The van der Waals surface area contributed by atoms with Gasteiger partial charge in [-0.3, -0.25) is 19.7 Å². The lowest BCUT2D eigenvalue weighted by Gasteiger charge is -2.41. The zero-order chi connectivity index (χ0) is 15.8. The molecule has 1 aliphatic rings. The van der Waals surface area contributed by atoms with E-state index in [2.05, 4.69) is 5.32 Å². The van der Waals surface area contributed by atoms with Crippen molar-refractivity contribution in [1.29, 1.82) is 0 Å². The fourth-order valence-corrected chi connectivity index (χ4v) is 2.22. The number of nitro benzene ring substituents is 1. The minimum Gasteiger partial charge on any atom is -0.502 e. The Bertz CT molecular complexity index is 626. The summed E-state index contributed by atoms with van der Waals surface area (Å²) in [6, 6.07) is 3.38. The van der Waals surface area contributed by atoms with Crippen molar-refractivity contribution in [3.8, 4) is 5.75 Å². The van der Waals surface area contributed by atoms with Crippen LogP contribution in [0.5, 0.6) is 5.75 Å². The summed E-state index contributed by atoms with van der Waals surface area (Å²) in [6.45, 7) is 3.90. The van der Waals surface area contributed by atoms with Gasteiger partial charge in [-0.2, -0.15) is 0 Å². The van der Waals surface area contributed by atoms with E-state index in [1.165, 1.54) is 11.0 Å².